The second-order valence-corrected chi connectivity index (χ2v) is 3.65. The predicted octanol–water partition coefficient (Wildman–Crippen LogP) is 1.21. The molecule has 0 spiro atoms. The molecule has 1 atom stereocenters. The van der Waals surface area contributed by atoms with Crippen LogP contribution in [0.15, 0.2) is 24.3 Å². The Bertz CT molecular complexity index is 434. The van der Waals surface area contributed by atoms with Crippen molar-refractivity contribution >= 4 is 23.4 Å². The van der Waals surface area contributed by atoms with E-state index in [0.717, 1.165) is 4.90 Å². The molecule has 0 aromatic heterocycles. The van der Waals surface area contributed by atoms with Crippen molar-refractivity contribution in [2.24, 2.45) is 0 Å². The fourth-order valence-corrected chi connectivity index (χ4v) is 1.19. The number of benzene rings is 1. The molecular weight excluding hydrogens is 222 g/mol. The molecule has 0 aliphatic carbocycles. The summed E-state index contributed by atoms with van der Waals surface area (Å²) in [6, 6.07) is 6.00. The molecule has 0 saturated heterocycles. The molecule has 6 heteroatoms. The zero-order chi connectivity index (χ0) is 13.0. The first kappa shape index (κ1) is 12.8. The molecule has 2 amide bonds. The summed E-state index contributed by atoms with van der Waals surface area (Å²) in [5.41, 5.74) is 6.57. The highest BCUT2D eigenvalue weighted by atomic mass is 16.4. The normalized spacial score (nSPS) is 11.6. The van der Waals surface area contributed by atoms with Crippen LogP contribution in [-0.4, -0.2) is 35.1 Å². The Morgan fingerprint density at radius 1 is 1.41 bits per heavy atom. The molecule has 92 valence electrons. The SMILES string of the molecule is CC(C(=O)Nc1ccccc1N)N(C)C(=O)O. The predicted molar refractivity (Wildman–Crippen MR) is 64.7 cm³/mol. The molecule has 1 aromatic carbocycles. The van der Waals surface area contributed by atoms with E-state index in [2.05, 4.69) is 5.32 Å². The number of anilines is 2. The molecule has 4 N–H and O–H groups in total. The number of carbonyl (C=O) groups excluding carboxylic acids is 1. The Labute approximate surface area is 99.0 Å². The summed E-state index contributed by atoms with van der Waals surface area (Å²) in [5, 5.41) is 11.3. The van der Waals surface area contributed by atoms with Gasteiger partial charge in [0.15, 0.2) is 0 Å². The Balaban J connectivity index is 2.73. The maximum absolute atomic E-state index is 11.7. The third kappa shape index (κ3) is 3.10. The highest BCUT2D eigenvalue weighted by Crippen LogP contribution is 2.17. The van der Waals surface area contributed by atoms with Crippen LogP contribution in [0.4, 0.5) is 16.2 Å². The van der Waals surface area contributed by atoms with Crippen LogP contribution in [0.25, 0.3) is 0 Å². The van der Waals surface area contributed by atoms with E-state index < -0.39 is 18.0 Å². The molecule has 6 nitrogen and oxygen atoms in total. The van der Waals surface area contributed by atoms with Crippen molar-refractivity contribution in [1.29, 1.82) is 0 Å². The van der Waals surface area contributed by atoms with Crippen LogP contribution in [0.1, 0.15) is 6.92 Å². The van der Waals surface area contributed by atoms with Crippen molar-refractivity contribution in [3.63, 3.8) is 0 Å². The van der Waals surface area contributed by atoms with E-state index in [9.17, 15) is 9.59 Å². The van der Waals surface area contributed by atoms with Gasteiger partial charge in [-0.25, -0.2) is 4.79 Å². The van der Waals surface area contributed by atoms with Gasteiger partial charge in [-0.15, -0.1) is 0 Å². The van der Waals surface area contributed by atoms with Gasteiger partial charge in [-0.3, -0.25) is 9.69 Å². The van der Waals surface area contributed by atoms with E-state index in [1.165, 1.54) is 14.0 Å². The van der Waals surface area contributed by atoms with Crippen molar-refractivity contribution in [3.05, 3.63) is 24.3 Å². The van der Waals surface area contributed by atoms with Gasteiger partial charge in [-0.05, 0) is 19.1 Å². The van der Waals surface area contributed by atoms with Gasteiger partial charge in [0.05, 0.1) is 11.4 Å². The monoisotopic (exact) mass is 237 g/mol. The Kier molecular flexibility index (Phi) is 3.92. The Morgan fingerprint density at radius 2 is 2.00 bits per heavy atom. The molecule has 1 aromatic rings. The van der Waals surface area contributed by atoms with Crippen LogP contribution in [0.3, 0.4) is 0 Å². The number of para-hydroxylation sites is 2. The number of hydrogen-bond acceptors (Lipinski definition) is 3. The summed E-state index contributed by atoms with van der Waals surface area (Å²) in [4.78, 5) is 23.3. The van der Waals surface area contributed by atoms with E-state index in [1.54, 1.807) is 24.3 Å². The summed E-state index contributed by atoms with van der Waals surface area (Å²) in [5.74, 6) is -0.423. The summed E-state index contributed by atoms with van der Waals surface area (Å²) < 4.78 is 0. The van der Waals surface area contributed by atoms with E-state index in [4.69, 9.17) is 10.8 Å². The minimum Gasteiger partial charge on any atom is -0.465 e. The van der Waals surface area contributed by atoms with Crippen LogP contribution in [0.5, 0.6) is 0 Å². The number of nitrogens with two attached hydrogens (primary N) is 1. The van der Waals surface area contributed by atoms with Crippen molar-refractivity contribution in [1.82, 2.24) is 4.90 Å². The number of amides is 2. The highest BCUT2D eigenvalue weighted by Gasteiger charge is 2.22. The highest BCUT2D eigenvalue weighted by molar-refractivity contribution is 5.98. The van der Waals surface area contributed by atoms with Crippen LogP contribution in [0, 0.1) is 0 Å². The average Bonchev–Trinajstić information content (AvgIpc) is 2.30. The second kappa shape index (κ2) is 5.20. The molecular formula is C11H15N3O3. The maximum Gasteiger partial charge on any atom is 0.407 e. The third-order valence-electron chi connectivity index (χ3n) is 2.48. The van der Waals surface area contributed by atoms with Gasteiger partial charge in [-0.1, -0.05) is 12.1 Å². The fraction of sp³-hybridized carbons (Fsp3) is 0.273. The lowest BCUT2D eigenvalue weighted by Gasteiger charge is -2.21. The van der Waals surface area contributed by atoms with Gasteiger partial charge in [0, 0.05) is 7.05 Å². The number of likely N-dealkylation sites (N-methyl/N-ethyl adjacent to an activating group) is 1. The maximum atomic E-state index is 11.7. The van der Waals surface area contributed by atoms with Gasteiger partial charge in [0.25, 0.3) is 0 Å². The summed E-state index contributed by atoms with van der Waals surface area (Å²) in [7, 11) is 1.33. The minimum atomic E-state index is -1.16. The van der Waals surface area contributed by atoms with Crippen molar-refractivity contribution in [3.8, 4) is 0 Å². The number of nitrogens with zero attached hydrogens (tertiary/aromatic N) is 1. The molecule has 17 heavy (non-hydrogen) atoms. The number of nitrogen functional groups attached to an aromatic ring is 1. The summed E-state index contributed by atoms with van der Waals surface area (Å²) in [6.45, 7) is 1.50. The molecule has 0 radical (unpaired) electrons. The van der Waals surface area contributed by atoms with Crippen LogP contribution < -0.4 is 11.1 Å². The molecule has 0 bridgehead atoms. The van der Waals surface area contributed by atoms with Gasteiger partial charge in [0.2, 0.25) is 5.91 Å². The van der Waals surface area contributed by atoms with Crippen molar-refractivity contribution < 1.29 is 14.7 Å². The quantitative estimate of drug-likeness (QED) is 0.688. The molecule has 0 saturated carbocycles. The van der Waals surface area contributed by atoms with Gasteiger partial charge in [0.1, 0.15) is 6.04 Å². The van der Waals surface area contributed by atoms with E-state index in [1.807, 2.05) is 0 Å². The Morgan fingerprint density at radius 3 is 2.53 bits per heavy atom. The van der Waals surface area contributed by atoms with Gasteiger partial charge in [-0.2, -0.15) is 0 Å². The largest absolute Gasteiger partial charge is 0.465 e. The van der Waals surface area contributed by atoms with E-state index in [0.29, 0.717) is 11.4 Å². The van der Waals surface area contributed by atoms with E-state index >= 15 is 0 Å². The van der Waals surface area contributed by atoms with Crippen LogP contribution >= 0.6 is 0 Å². The average molecular weight is 237 g/mol. The third-order valence-corrected chi connectivity index (χ3v) is 2.48. The molecule has 0 aliphatic heterocycles. The zero-order valence-corrected chi connectivity index (χ0v) is 9.68. The molecule has 1 rings (SSSR count). The first-order valence-corrected chi connectivity index (χ1v) is 5.04. The lowest BCUT2D eigenvalue weighted by atomic mass is 10.2. The molecule has 0 aliphatic rings. The number of carboxylic acid groups (broad SMARTS) is 1. The first-order chi connectivity index (χ1) is 7.93. The molecule has 1 unspecified atom stereocenters. The van der Waals surface area contributed by atoms with Crippen molar-refractivity contribution in [2.75, 3.05) is 18.1 Å². The standard InChI is InChI=1S/C11H15N3O3/c1-7(14(2)11(16)17)10(15)13-9-6-4-3-5-8(9)12/h3-7H,12H2,1-2H3,(H,13,15)(H,16,17). The Hall–Kier alpha value is -2.24. The van der Waals surface area contributed by atoms with Crippen molar-refractivity contribution in [2.45, 2.75) is 13.0 Å². The van der Waals surface area contributed by atoms with Gasteiger partial charge >= 0.3 is 6.09 Å². The number of carbonyl (C=O) groups is 2. The topological polar surface area (TPSA) is 95.7 Å². The van der Waals surface area contributed by atoms with Gasteiger partial charge < -0.3 is 16.2 Å². The minimum absolute atomic E-state index is 0.423. The smallest absolute Gasteiger partial charge is 0.407 e. The molecule has 0 fully saturated rings. The second-order valence-electron chi connectivity index (χ2n) is 3.65. The van der Waals surface area contributed by atoms with Crippen LogP contribution in [0.2, 0.25) is 0 Å². The molecule has 0 heterocycles. The fourth-order valence-electron chi connectivity index (χ4n) is 1.19. The number of nitrogens with one attached hydrogen (secondary N) is 1. The lowest BCUT2D eigenvalue weighted by Crippen LogP contribution is -2.42. The zero-order valence-electron chi connectivity index (χ0n) is 9.68. The summed E-state index contributed by atoms with van der Waals surface area (Å²) in [6.07, 6.45) is -1.16. The number of rotatable bonds is 3. The van der Waals surface area contributed by atoms with Crippen LogP contribution in [-0.2, 0) is 4.79 Å². The lowest BCUT2D eigenvalue weighted by molar-refractivity contribution is -0.119. The van der Waals surface area contributed by atoms with E-state index in [-0.39, 0.29) is 0 Å². The number of hydrogen-bond donors (Lipinski definition) is 3. The summed E-state index contributed by atoms with van der Waals surface area (Å²) >= 11 is 0. The first-order valence-electron chi connectivity index (χ1n) is 5.04.